The van der Waals surface area contributed by atoms with Gasteiger partial charge in [0, 0.05) is 10.0 Å². The molecule has 1 heterocycles. The zero-order valence-electron chi connectivity index (χ0n) is 9.09. The molecule has 88 valence electrons. The summed E-state index contributed by atoms with van der Waals surface area (Å²) in [6.07, 6.45) is 0.935. The van der Waals surface area contributed by atoms with E-state index in [1.165, 1.54) is 0 Å². The van der Waals surface area contributed by atoms with E-state index >= 15 is 0 Å². The van der Waals surface area contributed by atoms with E-state index in [-0.39, 0.29) is 12.1 Å². The van der Waals surface area contributed by atoms with Crippen LogP contribution in [0.15, 0.2) is 16.6 Å². The van der Waals surface area contributed by atoms with Crippen LogP contribution < -0.4 is 10.2 Å². The van der Waals surface area contributed by atoms with Crippen molar-refractivity contribution < 1.29 is 9.57 Å². The van der Waals surface area contributed by atoms with Crippen LogP contribution in [0.5, 0.6) is 5.75 Å². The fourth-order valence-electron chi connectivity index (χ4n) is 1.94. The molecule has 1 N–H and O–H groups in total. The Morgan fingerprint density at radius 2 is 2.31 bits per heavy atom. The summed E-state index contributed by atoms with van der Waals surface area (Å²) in [5, 5.41) is 0.636. The van der Waals surface area contributed by atoms with E-state index in [1.807, 2.05) is 12.1 Å². The molecule has 5 heteroatoms. The number of hydroxylamine groups is 1. The van der Waals surface area contributed by atoms with E-state index in [9.17, 15) is 0 Å². The van der Waals surface area contributed by atoms with Crippen molar-refractivity contribution in [1.82, 2.24) is 5.48 Å². The minimum Gasteiger partial charge on any atom is -0.486 e. The van der Waals surface area contributed by atoms with Gasteiger partial charge in [0.05, 0.1) is 18.2 Å². The minimum absolute atomic E-state index is 0.0121. The Bertz CT molecular complexity index is 400. The molecule has 16 heavy (non-hydrogen) atoms. The molecule has 0 aromatic heterocycles. The van der Waals surface area contributed by atoms with Gasteiger partial charge in [0.2, 0.25) is 0 Å². The topological polar surface area (TPSA) is 30.5 Å². The Labute approximate surface area is 108 Å². The van der Waals surface area contributed by atoms with Crippen molar-refractivity contribution in [3.63, 3.8) is 0 Å². The summed E-state index contributed by atoms with van der Waals surface area (Å²) in [4.78, 5) is 5.02. The smallest absolute Gasteiger partial charge is 0.144 e. The summed E-state index contributed by atoms with van der Waals surface area (Å²) in [7, 11) is 1.60. The van der Waals surface area contributed by atoms with Gasteiger partial charge in [-0.15, -0.1) is 0 Å². The van der Waals surface area contributed by atoms with E-state index in [0.29, 0.717) is 5.02 Å². The maximum atomic E-state index is 6.11. The number of hydrogen-bond acceptors (Lipinski definition) is 3. The number of fused-ring (bicyclic) bond motifs is 1. The zero-order valence-corrected chi connectivity index (χ0v) is 11.4. The standard InChI is InChI=1S/C11H13BrClNO2/c1-3-8-10(14-15-2)9-6(12)4-5-7(13)11(9)16-8/h4-5,8,10,14H,3H2,1-2H3. The van der Waals surface area contributed by atoms with Crippen LogP contribution in [0.3, 0.4) is 0 Å². The molecule has 2 atom stereocenters. The van der Waals surface area contributed by atoms with Gasteiger partial charge in [-0.3, -0.25) is 0 Å². The third-order valence-corrected chi connectivity index (χ3v) is 3.68. The normalized spacial score (nSPS) is 23.0. The molecule has 0 saturated carbocycles. The average molecular weight is 307 g/mol. The average Bonchev–Trinajstić information content (AvgIpc) is 2.64. The van der Waals surface area contributed by atoms with Crippen LogP contribution in [0.1, 0.15) is 24.9 Å². The second-order valence-corrected chi connectivity index (χ2v) is 4.90. The first-order valence-corrected chi connectivity index (χ1v) is 6.29. The lowest BCUT2D eigenvalue weighted by molar-refractivity contribution is 0.0282. The van der Waals surface area contributed by atoms with Gasteiger partial charge in [-0.25, -0.2) is 0 Å². The summed E-state index contributed by atoms with van der Waals surface area (Å²) in [6, 6.07) is 3.76. The molecule has 1 aromatic carbocycles. The van der Waals surface area contributed by atoms with Crippen molar-refractivity contribution in [3.05, 3.63) is 27.2 Å². The van der Waals surface area contributed by atoms with E-state index in [4.69, 9.17) is 21.2 Å². The van der Waals surface area contributed by atoms with Crippen LogP contribution in [0.4, 0.5) is 0 Å². The molecule has 1 aromatic rings. The Morgan fingerprint density at radius 3 is 2.94 bits per heavy atom. The van der Waals surface area contributed by atoms with Crippen LogP contribution in [0, 0.1) is 0 Å². The fourth-order valence-corrected chi connectivity index (χ4v) is 2.71. The predicted octanol–water partition coefficient (Wildman–Crippen LogP) is 3.47. The molecule has 3 nitrogen and oxygen atoms in total. The van der Waals surface area contributed by atoms with Crippen molar-refractivity contribution in [3.8, 4) is 5.75 Å². The Morgan fingerprint density at radius 1 is 1.56 bits per heavy atom. The summed E-state index contributed by atoms with van der Waals surface area (Å²) < 4.78 is 6.81. The number of rotatable bonds is 3. The van der Waals surface area contributed by atoms with Crippen molar-refractivity contribution in [2.24, 2.45) is 0 Å². The summed E-state index contributed by atoms with van der Waals surface area (Å²) in [5.41, 5.74) is 3.98. The SMILES string of the molecule is CCC1Oc2c(Cl)ccc(Br)c2C1NOC. The molecule has 0 spiro atoms. The van der Waals surface area contributed by atoms with Crippen LogP contribution in [-0.2, 0) is 4.84 Å². The van der Waals surface area contributed by atoms with Crippen molar-refractivity contribution in [2.75, 3.05) is 7.11 Å². The molecule has 0 radical (unpaired) electrons. The molecule has 1 aliphatic rings. The fraction of sp³-hybridized carbons (Fsp3) is 0.455. The predicted molar refractivity (Wildman–Crippen MR) is 66.7 cm³/mol. The number of benzene rings is 1. The van der Waals surface area contributed by atoms with Gasteiger partial charge in [-0.1, -0.05) is 34.5 Å². The molecule has 0 saturated heterocycles. The Balaban J connectivity index is 2.45. The van der Waals surface area contributed by atoms with Gasteiger partial charge in [0.15, 0.2) is 0 Å². The highest BCUT2D eigenvalue weighted by molar-refractivity contribution is 9.10. The third-order valence-electron chi connectivity index (χ3n) is 2.69. The lowest BCUT2D eigenvalue weighted by atomic mass is 10.0. The van der Waals surface area contributed by atoms with Crippen LogP contribution in [0.2, 0.25) is 5.02 Å². The third kappa shape index (κ3) is 1.95. The van der Waals surface area contributed by atoms with Crippen LogP contribution in [0.25, 0.3) is 0 Å². The lowest BCUT2D eigenvalue weighted by Gasteiger charge is -2.17. The molecule has 0 amide bonds. The molecular formula is C11H13BrClNO2. The first kappa shape index (κ1) is 12.2. The number of ether oxygens (including phenoxy) is 1. The summed E-state index contributed by atoms with van der Waals surface area (Å²) in [6.45, 7) is 2.07. The van der Waals surface area contributed by atoms with Crippen LogP contribution in [-0.4, -0.2) is 13.2 Å². The number of nitrogens with one attached hydrogen (secondary N) is 1. The summed E-state index contributed by atoms with van der Waals surface area (Å²) in [5.74, 6) is 0.748. The van der Waals surface area contributed by atoms with Crippen LogP contribution >= 0.6 is 27.5 Å². The zero-order chi connectivity index (χ0) is 11.7. The molecule has 2 rings (SSSR count). The summed E-state index contributed by atoms with van der Waals surface area (Å²) >= 11 is 9.63. The minimum atomic E-state index is 0.0121. The molecule has 0 fully saturated rings. The Hall–Kier alpha value is -0.290. The number of hydrogen-bond donors (Lipinski definition) is 1. The quantitative estimate of drug-likeness (QED) is 0.868. The first-order chi connectivity index (χ1) is 7.69. The van der Waals surface area contributed by atoms with E-state index in [1.54, 1.807) is 7.11 Å². The maximum Gasteiger partial charge on any atom is 0.144 e. The largest absolute Gasteiger partial charge is 0.486 e. The second-order valence-electron chi connectivity index (χ2n) is 3.64. The highest BCUT2D eigenvalue weighted by Gasteiger charge is 2.36. The van der Waals surface area contributed by atoms with Gasteiger partial charge in [-0.05, 0) is 18.6 Å². The van der Waals surface area contributed by atoms with E-state index in [2.05, 4.69) is 28.3 Å². The van der Waals surface area contributed by atoms with Gasteiger partial charge in [-0.2, -0.15) is 5.48 Å². The van der Waals surface area contributed by atoms with E-state index < -0.39 is 0 Å². The number of halogens is 2. The van der Waals surface area contributed by atoms with E-state index in [0.717, 1.165) is 22.2 Å². The second kappa shape index (κ2) is 4.92. The first-order valence-electron chi connectivity index (χ1n) is 5.12. The highest BCUT2D eigenvalue weighted by Crippen LogP contribution is 2.46. The molecule has 1 aliphatic heterocycles. The lowest BCUT2D eigenvalue weighted by Crippen LogP contribution is -2.29. The monoisotopic (exact) mass is 305 g/mol. The molecule has 2 unspecified atom stereocenters. The molecule has 0 aliphatic carbocycles. The Kier molecular flexibility index (Phi) is 3.74. The van der Waals surface area contributed by atoms with Gasteiger partial charge >= 0.3 is 0 Å². The van der Waals surface area contributed by atoms with Gasteiger partial charge in [0.1, 0.15) is 11.9 Å². The highest BCUT2D eigenvalue weighted by atomic mass is 79.9. The maximum absolute atomic E-state index is 6.11. The molecule has 0 bridgehead atoms. The van der Waals surface area contributed by atoms with Crippen molar-refractivity contribution in [1.29, 1.82) is 0 Å². The van der Waals surface area contributed by atoms with Crippen molar-refractivity contribution >= 4 is 27.5 Å². The van der Waals surface area contributed by atoms with Gasteiger partial charge in [0.25, 0.3) is 0 Å². The van der Waals surface area contributed by atoms with Crippen molar-refractivity contribution in [2.45, 2.75) is 25.5 Å². The van der Waals surface area contributed by atoms with Gasteiger partial charge < -0.3 is 9.57 Å². The molecular weight excluding hydrogens is 293 g/mol.